The maximum absolute atomic E-state index is 12.2. The van der Waals surface area contributed by atoms with E-state index in [1.54, 1.807) is 19.2 Å². The molecule has 162 valence electrons. The number of nitrogens with one attached hydrogen (secondary N) is 2. The van der Waals surface area contributed by atoms with E-state index < -0.39 is 0 Å². The maximum Gasteiger partial charge on any atom is 0.319 e. The van der Waals surface area contributed by atoms with Crippen LogP contribution in [-0.2, 0) is 17.9 Å². The Labute approximate surface area is 182 Å². The molecule has 0 bridgehead atoms. The zero-order valence-corrected chi connectivity index (χ0v) is 18.0. The first-order valence-electron chi connectivity index (χ1n) is 10.1. The lowest BCUT2D eigenvalue weighted by molar-refractivity contribution is 0.134. The van der Waals surface area contributed by atoms with E-state index >= 15 is 0 Å². The van der Waals surface area contributed by atoms with Crippen molar-refractivity contribution in [3.05, 3.63) is 77.5 Å². The van der Waals surface area contributed by atoms with Gasteiger partial charge >= 0.3 is 6.03 Å². The van der Waals surface area contributed by atoms with E-state index in [2.05, 4.69) is 15.6 Å². The van der Waals surface area contributed by atoms with E-state index in [0.717, 1.165) is 16.7 Å². The molecule has 0 radical (unpaired) electrons. The van der Waals surface area contributed by atoms with Gasteiger partial charge in [-0.15, -0.1) is 0 Å². The van der Waals surface area contributed by atoms with Gasteiger partial charge in [0.25, 0.3) is 0 Å². The molecule has 31 heavy (non-hydrogen) atoms. The van der Waals surface area contributed by atoms with Crippen LogP contribution in [0, 0.1) is 6.92 Å². The van der Waals surface area contributed by atoms with E-state index in [4.69, 9.17) is 14.2 Å². The van der Waals surface area contributed by atoms with Crippen molar-refractivity contribution in [3.63, 3.8) is 0 Å². The Balaban J connectivity index is 1.49. The lowest BCUT2D eigenvalue weighted by atomic mass is 10.1. The van der Waals surface area contributed by atoms with Gasteiger partial charge in [-0.25, -0.2) is 9.78 Å². The van der Waals surface area contributed by atoms with Crippen molar-refractivity contribution in [1.82, 2.24) is 10.3 Å². The van der Waals surface area contributed by atoms with Crippen LogP contribution in [0.3, 0.4) is 0 Å². The summed E-state index contributed by atoms with van der Waals surface area (Å²) in [6.07, 6.45) is 1.54. The molecule has 0 aliphatic carbocycles. The number of amides is 2. The third-order valence-electron chi connectivity index (χ3n) is 4.48. The van der Waals surface area contributed by atoms with Gasteiger partial charge in [0.2, 0.25) is 5.88 Å². The van der Waals surface area contributed by atoms with Crippen LogP contribution in [-0.4, -0.2) is 24.7 Å². The van der Waals surface area contributed by atoms with Crippen LogP contribution in [0.5, 0.6) is 17.4 Å². The molecule has 0 unspecified atom stereocenters. The molecule has 7 heteroatoms. The molecule has 0 spiro atoms. The highest BCUT2D eigenvalue weighted by Crippen LogP contribution is 2.31. The SMILES string of the molecule is CCOCc1ccc(CNC(=O)Nc2ccc(Oc3ccc(C)cc3OC)nc2)cc1. The molecule has 0 aliphatic heterocycles. The number of anilines is 1. The Morgan fingerprint density at radius 3 is 2.45 bits per heavy atom. The fourth-order valence-electron chi connectivity index (χ4n) is 2.82. The average Bonchev–Trinajstić information content (AvgIpc) is 2.79. The van der Waals surface area contributed by atoms with Gasteiger partial charge in [0, 0.05) is 19.2 Å². The zero-order chi connectivity index (χ0) is 22.1. The van der Waals surface area contributed by atoms with Crippen molar-refractivity contribution in [2.45, 2.75) is 27.0 Å². The zero-order valence-electron chi connectivity index (χ0n) is 18.0. The van der Waals surface area contributed by atoms with Crippen molar-refractivity contribution >= 4 is 11.7 Å². The second-order valence-corrected chi connectivity index (χ2v) is 6.90. The minimum absolute atomic E-state index is 0.311. The Bertz CT molecular complexity index is 989. The predicted octanol–water partition coefficient (Wildman–Crippen LogP) is 5.05. The summed E-state index contributed by atoms with van der Waals surface area (Å²) >= 11 is 0. The summed E-state index contributed by atoms with van der Waals surface area (Å²) < 4.78 is 16.5. The average molecular weight is 421 g/mol. The van der Waals surface area contributed by atoms with Crippen LogP contribution >= 0.6 is 0 Å². The van der Waals surface area contributed by atoms with Crippen molar-refractivity contribution < 1.29 is 19.0 Å². The summed E-state index contributed by atoms with van der Waals surface area (Å²) in [4.78, 5) is 16.4. The number of benzene rings is 2. The van der Waals surface area contributed by atoms with Gasteiger partial charge < -0.3 is 24.8 Å². The second-order valence-electron chi connectivity index (χ2n) is 6.90. The Kier molecular flexibility index (Phi) is 7.84. The van der Waals surface area contributed by atoms with Gasteiger partial charge in [-0.2, -0.15) is 0 Å². The first-order valence-corrected chi connectivity index (χ1v) is 10.1. The Hall–Kier alpha value is -3.58. The Morgan fingerprint density at radius 2 is 1.77 bits per heavy atom. The largest absolute Gasteiger partial charge is 0.493 e. The van der Waals surface area contributed by atoms with Crippen molar-refractivity contribution in [2.24, 2.45) is 0 Å². The summed E-state index contributed by atoms with van der Waals surface area (Å²) in [5, 5.41) is 5.59. The first kappa shape index (κ1) is 22.1. The molecule has 0 fully saturated rings. The number of rotatable bonds is 9. The molecule has 0 atom stereocenters. The number of pyridine rings is 1. The highest BCUT2D eigenvalue weighted by molar-refractivity contribution is 5.88. The van der Waals surface area contributed by atoms with E-state index in [0.29, 0.717) is 42.8 Å². The molecule has 2 amide bonds. The topological polar surface area (TPSA) is 81.7 Å². The first-order chi connectivity index (χ1) is 15.1. The Morgan fingerprint density at radius 1 is 1.00 bits per heavy atom. The monoisotopic (exact) mass is 421 g/mol. The quantitative estimate of drug-likeness (QED) is 0.505. The van der Waals surface area contributed by atoms with Crippen LogP contribution in [0.25, 0.3) is 0 Å². The molecular formula is C24H27N3O4. The minimum atomic E-state index is -0.311. The van der Waals surface area contributed by atoms with Gasteiger partial charge in [-0.1, -0.05) is 30.3 Å². The number of carbonyl (C=O) groups is 1. The molecule has 2 aromatic carbocycles. The van der Waals surface area contributed by atoms with Gasteiger partial charge in [0.1, 0.15) is 0 Å². The molecule has 0 aliphatic rings. The fraction of sp³-hybridized carbons (Fsp3) is 0.250. The van der Waals surface area contributed by atoms with E-state index in [1.807, 2.05) is 56.3 Å². The van der Waals surface area contributed by atoms with Crippen LogP contribution in [0.1, 0.15) is 23.6 Å². The third kappa shape index (κ3) is 6.72. The van der Waals surface area contributed by atoms with Crippen molar-refractivity contribution in [2.75, 3.05) is 19.0 Å². The molecule has 0 saturated carbocycles. The van der Waals surface area contributed by atoms with E-state index in [9.17, 15) is 4.79 Å². The summed E-state index contributed by atoms with van der Waals surface area (Å²) in [7, 11) is 1.59. The highest BCUT2D eigenvalue weighted by atomic mass is 16.5. The predicted molar refractivity (Wildman–Crippen MR) is 120 cm³/mol. The smallest absolute Gasteiger partial charge is 0.319 e. The van der Waals surface area contributed by atoms with Gasteiger partial charge in [-0.3, -0.25) is 0 Å². The number of nitrogens with zero attached hydrogens (tertiary/aromatic N) is 1. The second kappa shape index (κ2) is 11.0. The van der Waals surface area contributed by atoms with E-state index in [-0.39, 0.29) is 6.03 Å². The molecule has 3 rings (SSSR count). The van der Waals surface area contributed by atoms with Crippen LogP contribution < -0.4 is 20.1 Å². The number of urea groups is 1. The summed E-state index contributed by atoms with van der Waals surface area (Å²) in [6, 6.07) is 16.7. The molecule has 1 aromatic heterocycles. The van der Waals surface area contributed by atoms with E-state index in [1.165, 1.54) is 6.20 Å². The lowest BCUT2D eigenvalue weighted by Gasteiger charge is -2.11. The fourth-order valence-corrected chi connectivity index (χ4v) is 2.82. The molecular weight excluding hydrogens is 394 g/mol. The maximum atomic E-state index is 12.2. The number of aromatic nitrogens is 1. The standard InChI is InChI=1S/C24H27N3O4/c1-4-30-16-19-8-6-18(7-9-19)14-26-24(28)27-20-10-12-23(25-15-20)31-21-11-5-17(2)13-22(21)29-3/h5-13,15H,4,14,16H2,1-3H3,(H2,26,27,28). The minimum Gasteiger partial charge on any atom is -0.493 e. The van der Waals surface area contributed by atoms with Gasteiger partial charge in [0.05, 0.1) is 25.6 Å². The van der Waals surface area contributed by atoms with Crippen LogP contribution in [0.15, 0.2) is 60.8 Å². The van der Waals surface area contributed by atoms with Crippen LogP contribution in [0.4, 0.5) is 10.5 Å². The number of hydrogen-bond acceptors (Lipinski definition) is 5. The number of methoxy groups -OCH3 is 1. The number of carbonyl (C=O) groups excluding carboxylic acids is 1. The molecule has 3 aromatic rings. The lowest BCUT2D eigenvalue weighted by Crippen LogP contribution is -2.28. The normalized spacial score (nSPS) is 10.4. The summed E-state index contributed by atoms with van der Waals surface area (Å²) in [6.45, 7) is 5.64. The summed E-state index contributed by atoms with van der Waals surface area (Å²) in [5.41, 5.74) is 3.74. The van der Waals surface area contributed by atoms with Gasteiger partial charge in [-0.05, 0) is 48.7 Å². The van der Waals surface area contributed by atoms with Crippen molar-refractivity contribution in [1.29, 1.82) is 0 Å². The molecule has 1 heterocycles. The van der Waals surface area contributed by atoms with Gasteiger partial charge in [0.15, 0.2) is 11.5 Å². The highest BCUT2D eigenvalue weighted by Gasteiger charge is 2.08. The molecule has 0 saturated heterocycles. The molecule has 7 nitrogen and oxygen atoms in total. The number of aryl methyl sites for hydroxylation is 1. The number of ether oxygens (including phenoxy) is 3. The number of hydrogen-bond donors (Lipinski definition) is 2. The van der Waals surface area contributed by atoms with Crippen LogP contribution in [0.2, 0.25) is 0 Å². The summed E-state index contributed by atoms with van der Waals surface area (Å²) in [5.74, 6) is 1.61. The van der Waals surface area contributed by atoms with Crippen molar-refractivity contribution in [3.8, 4) is 17.4 Å². The molecule has 2 N–H and O–H groups in total. The third-order valence-corrected chi connectivity index (χ3v) is 4.48.